The van der Waals surface area contributed by atoms with Gasteiger partial charge in [-0.3, -0.25) is 4.79 Å². The number of ether oxygens (including phenoxy) is 1. The summed E-state index contributed by atoms with van der Waals surface area (Å²) in [6.07, 6.45) is 6.37. The van der Waals surface area contributed by atoms with Crippen LogP contribution in [0.5, 0.6) is 6.01 Å². The summed E-state index contributed by atoms with van der Waals surface area (Å²) in [6, 6.07) is 1.86. The zero-order valence-corrected chi connectivity index (χ0v) is 12.0. The molecule has 0 aliphatic rings. The molecule has 0 aromatic carbocycles. The summed E-state index contributed by atoms with van der Waals surface area (Å²) in [5.74, 6) is 0.233. The van der Waals surface area contributed by atoms with Crippen molar-refractivity contribution < 1.29 is 9.53 Å². The number of rotatable bonds is 8. The fraction of sp³-hybridized carbons (Fsp3) is 0.400. The fourth-order valence-electron chi connectivity index (χ4n) is 1.45. The quantitative estimate of drug-likeness (QED) is 0.741. The molecule has 0 unspecified atom stereocenters. The molecule has 1 aromatic heterocycles. The molecule has 0 saturated carbocycles. The molecule has 108 valence electrons. The summed E-state index contributed by atoms with van der Waals surface area (Å²) < 4.78 is 5.66. The first-order valence-corrected chi connectivity index (χ1v) is 6.59. The summed E-state index contributed by atoms with van der Waals surface area (Å²) in [6.45, 7) is 11.0. The highest BCUT2D eigenvalue weighted by molar-refractivity contribution is 5.91. The second kappa shape index (κ2) is 8.09. The Morgan fingerprint density at radius 3 is 2.60 bits per heavy atom. The largest absolute Gasteiger partial charge is 0.459 e. The maximum absolute atomic E-state index is 11.6. The van der Waals surface area contributed by atoms with Gasteiger partial charge in [0.1, 0.15) is 11.9 Å². The van der Waals surface area contributed by atoms with E-state index in [9.17, 15) is 4.79 Å². The lowest BCUT2D eigenvalue weighted by Gasteiger charge is -2.15. The minimum atomic E-state index is -0.108. The van der Waals surface area contributed by atoms with Crippen molar-refractivity contribution in [3.63, 3.8) is 0 Å². The Morgan fingerprint density at radius 2 is 2.05 bits per heavy atom. The van der Waals surface area contributed by atoms with E-state index in [4.69, 9.17) is 4.74 Å². The minimum absolute atomic E-state index is 0.0941. The standard InChI is InChI=1S/C15H21N3O2/c1-5-7-12(8-6-2)20-15-16-10-9-13(18-15)17-14(19)11(3)4/h5-6,9-12H,1-2,7-8H2,3-4H3,(H,16,17,18,19). The number of amides is 1. The number of hydrogen-bond donors (Lipinski definition) is 1. The number of nitrogens with zero attached hydrogens (tertiary/aromatic N) is 2. The highest BCUT2D eigenvalue weighted by atomic mass is 16.5. The molecule has 1 rings (SSSR count). The van der Waals surface area contributed by atoms with E-state index in [0.717, 1.165) is 0 Å². The van der Waals surface area contributed by atoms with Gasteiger partial charge in [-0.25, -0.2) is 4.98 Å². The van der Waals surface area contributed by atoms with Gasteiger partial charge in [0.25, 0.3) is 0 Å². The van der Waals surface area contributed by atoms with Gasteiger partial charge in [-0.15, -0.1) is 13.2 Å². The molecule has 0 aliphatic carbocycles. The zero-order chi connectivity index (χ0) is 15.0. The highest BCUT2D eigenvalue weighted by Gasteiger charge is 2.11. The van der Waals surface area contributed by atoms with Gasteiger partial charge < -0.3 is 10.1 Å². The van der Waals surface area contributed by atoms with Crippen molar-refractivity contribution in [2.24, 2.45) is 5.92 Å². The summed E-state index contributed by atoms with van der Waals surface area (Å²) in [7, 11) is 0. The summed E-state index contributed by atoms with van der Waals surface area (Å²) >= 11 is 0. The van der Waals surface area contributed by atoms with E-state index in [1.807, 2.05) is 13.8 Å². The van der Waals surface area contributed by atoms with E-state index in [1.165, 1.54) is 0 Å². The van der Waals surface area contributed by atoms with Gasteiger partial charge >= 0.3 is 6.01 Å². The van der Waals surface area contributed by atoms with Crippen LogP contribution < -0.4 is 10.1 Å². The third kappa shape index (κ3) is 5.22. The lowest BCUT2D eigenvalue weighted by molar-refractivity contribution is -0.118. The van der Waals surface area contributed by atoms with Crippen LogP contribution in [0.3, 0.4) is 0 Å². The predicted molar refractivity (Wildman–Crippen MR) is 79.5 cm³/mol. The molecule has 0 fully saturated rings. The first kappa shape index (κ1) is 15.9. The number of anilines is 1. The fourth-order valence-corrected chi connectivity index (χ4v) is 1.45. The summed E-state index contributed by atoms with van der Waals surface area (Å²) in [5.41, 5.74) is 0. The Kier molecular flexibility index (Phi) is 6.43. The van der Waals surface area contributed by atoms with Gasteiger partial charge in [-0.05, 0) is 6.07 Å². The maximum Gasteiger partial charge on any atom is 0.318 e. The van der Waals surface area contributed by atoms with Crippen molar-refractivity contribution in [1.29, 1.82) is 0 Å². The molecule has 0 radical (unpaired) electrons. The average molecular weight is 275 g/mol. The SMILES string of the molecule is C=CCC(CC=C)Oc1nccc(NC(=O)C(C)C)n1. The van der Waals surface area contributed by atoms with Crippen LogP contribution >= 0.6 is 0 Å². The van der Waals surface area contributed by atoms with Crippen molar-refractivity contribution in [3.8, 4) is 6.01 Å². The van der Waals surface area contributed by atoms with Crippen molar-refractivity contribution in [2.75, 3.05) is 5.32 Å². The molecule has 20 heavy (non-hydrogen) atoms. The number of carbonyl (C=O) groups is 1. The number of nitrogens with one attached hydrogen (secondary N) is 1. The van der Waals surface area contributed by atoms with E-state index >= 15 is 0 Å². The first-order valence-electron chi connectivity index (χ1n) is 6.59. The molecule has 5 nitrogen and oxygen atoms in total. The van der Waals surface area contributed by atoms with Crippen LogP contribution in [-0.4, -0.2) is 22.0 Å². The van der Waals surface area contributed by atoms with Crippen LogP contribution in [0.1, 0.15) is 26.7 Å². The zero-order valence-electron chi connectivity index (χ0n) is 12.0. The van der Waals surface area contributed by atoms with E-state index in [-0.39, 0.29) is 23.9 Å². The lowest BCUT2D eigenvalue weighted by atomic mass is 10.2. The van der Waals surface area contributed by atoms with E-state index in [2.05, 4.69) is 28.4 Å². The van der Waals surface area contributed by atoms with Gasteiger partial charge in [0.2, 0.25) is 5.91 Å². The van der Waals surface area contributed by atoms with Crippen LogP contribution in [0.4, 0.5) is 5.82 Å². The van der Waals surface area contributed by atoms with Gasteiger partial charge in [-0.1, -0.05) is 26.0 Å². The maximum atomic E-state index is 11.6. The average Bonchev–Trinajstić information content (AvgIpc) is 2.39. The second-order valence-corrected chi connectivity index (χ2v) is 4.66. The normalized spacial score (nSPS) is 10.4. The molecule has 0 saturated heterocycles. The molecular weight excluding hydrogens is 254 g/mol. The van der Waals surface area contributed by atoms with Crippen molar-refractivity contribution in [3.05, 3.63) is 37.6 Å². The third-order valence-electron chi connectivity index (χ3n) is 2.54. The van der Waals surface area contributed by atoms with Crippen LogP contribution in [0, 0.1) is 5.92 Å². The predicted octanol–water partition coefficient (Wildman–Crippen LogP) is 2.97. The number of carbonyl (C=O) groups excluding carboxylic acids is 1. The molecule has 1 amide bonds. The smallest absolute Gasteiger partial charge is 0.318 e. The molecule has 1 aromatic rings. The van der Waals surface area contributed by atoms with Gasteiger partial charge in [0, 0.05) is 25.0 Å². The first-order chi connectivity index (χ1) is 9.56. The molecule has 0 aliphatic heterocycles. The minimum Gasteiger partial charge on any atom is -0.459 e. The van der Waals surface area contributed by atoms with E-state index < -0.39 is 0 Å². The number of aromatic nitrogens is 2. The second-order valence-electron chi connectivity index (χ2n) is 4.66. The third-order valence-corrected chi connectivity index (χ3v) is 2.54. The van der Waals surface area contributed by atoms with E-state index in [1.54, 1.807) is 24.4 Å². The van der Waals surface area contributed by atoms with Crippen LogP contribution in [0.25, 0.3) is 0 Å². The Morgan fingerprint density at radius 1 is 1.40 bits per heavy atom. The van der Waals surface area contributed by atoms with Crippen molar-refractivity contribution in [2.45, 2.75) is 32.8 Å². The summed E-state index contributed by atoms with van der Waals surface area (Å²) in [5, 5.41) is 2.71. The number of hydrogen-bond acceptors (Lipinski definition) is 4. The Hall–Kier alpha value is -2.17. The van der Waals surface area contributed by atoms with E-state index in [0.29, 0.717) is 18.7 Å². The molecule has 1 heterocycles. The molecular formula is C15H21N3O2. The molecule has 5 heteroatoms. The highest BCUT2D eigenvalue weighted by Crippen LogP contribution is 2.13. The molecule has 0 atom stereocenters. The van der Waals surface area contributed by atoms with Gasteiger partial charge in [0.05, 0.1) is 0 Å². The Bertz CT molecular complexity index is 462. The lowest BCUT2D eigenvalue weighted by Crippen LogP contribution is -2.20. The monoisotopic (exact) mass is 275 g/mol. The molecule has 0 bridgehead atoms. The van der Waals surface area contributed by atoms with Crippen LogP contribution in [0.2, 0.25) is 0 Å². The van der Waals surface area contributed by atoms with Crippen molar-refractivity contribution >= 4 is 11.7 Å². The van der Waals surface area contributed by atoms with Crippen LogP contribution in [0.15, 0.2) is 37.6 Å². The topological polar surface area (TPSA) is 64.1 Å². The Balaban J connectivity index is 2.73. The Labute approximate surface area is 119 Å². The van der Waals surface area contributed by atoms with Gasteiger partial charge in [0.15, 0.2) is 0 Å². The van der Waals surface area contributed by atoms with Crippen molar-refractivity contribution in [1.82, 2.24) is 9.97 Å². The summed E-state index contributed by atoms with van der Waals surface area (Å²) in [4.78, 5) is 19.8. The van der Waals surface area contributed by atoms with Gasteiger partial charge in [-0.2, -0.15) is 4.98 Å². The molecule has 1 N–H and O–H groups in total. The van der Waals surface area contributed by atoms with Crippen LogP contribution in [-0.2, 0) is 4.79 Å². The molecule has 0 spiro atoms.